The molecule has 0 spiro atoms. The molecule has 168 valence electrons. The Morgan fingerprint density at radius 1 is 0.903 bits per heavy atom. The summed E-state index contributed by atoms with van der Waals surface area (Å²) >= 11 is 0. The molecule has 1 fully saturated rings. The number of nitrogens with zero attached hydrogens (tertiary/aromatic N) is 2. The Bertz CT molecular complexity index is 1010. The molecule has 0 bridgehead atoms. The van der Waals surface area contributed by atoms with Gasteiger partial charge in [0.05, 0.1) is 24.8 Å². The van der Waals surface area contributed by atoms with Crippen molar-refractivity contribution in [2.24, 2.45) is 0 Å². The van der Waals surface area contributed by atoms with Crippen molar-refractivity contribution >= 4 is 21.6 Å². The normalized spacial score (nSPS) is 14.7. The predicted molar refractivity (Wildman–Crippen MR) is 121 cm³/mol. The molecule has 1 amide bonds. The first-order valence-electron chi connectivity index (χ1n) is 10.4. The third-order valence-corrected chi connectivity index (χ3v) is 7.72. The highest BCUT2D eigenvalue weighted by atomic mass is 32.2. The number of methoxy groups -OCH3 is 2. The molecule has 1 aliphatic rings. The van der Waals surface area contributed by atoms with E-state index in [-0.39, 0.29) is 16.8 Å². The largest absolute Gasteiger partial charge is 0.493 e. The Hall–Kier alpha value is -2.74. The highest BCUT2D eigenvalue weighted by Crippen LogP contribution is 2.32. The Morgan fingerprint density at radius 3 is 2.10 bits per heavy atom. The Labute approximate surface area is 184 Å². The average molecular weight is 447 g/mol. The fourth-order valence-corrected chi connectivity index (χ4v) is 5.14. The Morgan fingerprint density at radius 2 is 1.52 bits per heavy atom. The highest BCUT2D eigenvalue weighted by Gasteiger charge is 2.25. The van der Waals surface area contributed by atoms with Gasteiger partial charge in [-0.05, 0) is 49.2 Å². The number of ether oxygens (including phenoxy) is 2. The van der Waals surface area contributed by atoms with E-state index < -0.39 is 10.0 Å². The molecular formula is C23H30N2O5S. The van der Waals surface area contributed by atoms with E-state index in [9.17, 15) is 13.2 Å². The van der Waals surface area contributed by atoms with Gasteiger partial charge in [-0.2, -0.15) is 0 Å². The SMILES string of the molecule is COc1ccc(S(=O)(=O)N(C)c2ccc(C(=O)N(C)C3CCCCC3)cc2)cc1OC. The number of benzene rings is 2. The van der Waals surface area contributed by atoms with Crippen LogP contribution in [0, 0.1) is 0 Å². The van der Waals surface area contributed by atoms with E-state index in [1.165, 1.54) is 44.1 Å². The highest BCUT2D eigenvalue weighted by molar-refractivity contribution is 7.92. The lowest BCUT2D eigenvalue weighted by Gasteiger charge is -2.31. The number of hydrogen-bond acceptors (Lipinski definition) is 5. The third-order valence-electron chi connectivity index (χ3n) is 5.93. The minimum absolute atomic E-state index is 0.0381. The smallest absolute Gasteiger partial charge is 0.264 e. The standard InChI is InChI=1S/C23H30N2O5S/c1-24(18-8-6-5-7-9-18)23(26)17-10-12-19(13-11-17)25(2)31(27,28)20-14-15-21(29-3)22(16-20)30-4/h10-16,18H,5-9H2,1-4H3. The zero-order valence-electron chi connectivity index (χ0n) is 18.5. The molecule has 0 saturated heterocycles. The topological polar surface area (TPSA) is 76.2 Å². The zero-order valence-corrected chi connectivity index (χ0v) is 19.3. The van der Waals surface area contributed by atoms with Crippen LogP contribution in [-0.4, -0.2) is 53.6 Å². The molecule has 7 nitrogen and oxygen atoms in total. The molecule has 8 heteroatoms. The summed E-state index contributed by atoms with van der Waals surface area (Å²) in [5.74, 6) is 0.751. The minimum atomic E-state index is -3.81. The summed E-state index contributed by atoms with van der Waals surface area (Å²) < 4.78 is 37.8. The molecule has 0 heterocycles. The molecule has 2 aromatic rings. The van der Waals surface area contributed by atoms with Crippen LogP contribution < -0.4 is 13.8 Å². The van der Waals surface area contributed by atoms with E-state index in [2.05, 4.69) is 0 Å². The van der Waals surface area contributed by atoms with Gasteiger partial charge in [0, 0.05) is 31.8 Å². The van der Waals surface area contributed by atoms with Gasteiger partial charge in [-0.3, -0.25) is 9.10 Å². The maximum atomic E-state index is 13.1. The lowest BCUT2D eigenvalue weighted by Crippen LogP contribution is -2.38. The number of rotatable bonds is 7. The number of sulfonamides is 1. The predicted octanol–water partition coefficient (Wildman–Crippen LogP) is 3.93. The van der Waals surface area contributed by atoms with Crippen molar-refractivity contribution in [1.82, 2.24) is 4.90 Å². The van der Waals surface area contributed by atoms with E-state index in [4.69, 9.17) is 9.47 Å². The second-order valence-corrected chi connectivity index (χ2v) is 9.71. The van der Waals surface area contributed by atoms with Gasteiger partial charge in [0.15, 0.2) is 11.5 Å². The van der Waals surface area contributed by atoms with Gasteiger partial charge < -0.3 is 14.4 Å². The van der Waals surface area contributed by atoms with Gasteiger partial charge in [0.1, 0.15) is 0 Å². The number of hydrogen-bond donors (Lipinski definition) is 0. The van der Waals surface area contributed by atoms with Gasteiger partial charge in [-0.25, -0.2) is 8.42 Å². The van der Waals surface area contributed by atoms with Crippen LogP contribution in [-0.2, 0) is 10.0 Å². The quantitative estimate of drug-likeness (QED) is 0.644. The van der Waals surface area contributed by atoms with Crippen molar-refractivity contribution in [3.63, 3.8) is 0 Å². The number of anilines is 1. The van der Waals surface area contributed by atoms with Crippen molar-refractivity contribution in [2.45, 2.75) is 43.0 Å². The fraction of sp³-hybridized carbons (Fsp3) is 0.435. The first kappa shape index (κ1) is 22.9. The van der Waals surface area contributed by atoms with Gasteiger partial charge >= 0.3 is 0 Å². The van der Waals surface area contributed by atoms with Crippen LogP contribution in [0.15, 0.2) is 47.4 Å². The summed E-state index contributed by atoms with van der Waals surface area (Å²) in [4.78, 5) is 14.7. The third kappa shape index (κ3) is 4.79. The van der Waals surface area contributed by atoms with Crippen LogP contribution in [0.2, 0.25) is 0 Å². The maximum absolute atomic E-state index is 13.1. The van der Waals surface area contributed by atoms with Crippen molar-refractivity contribution in [1.29, 1.82) is 0 Å². The van der Waals surface area contributed by atoms with Crippen LogP contribution in [0.4, 0.5) is 5.69 Å². The van der Waals surface area contributed by atoms with Gasteiger partial charge in [-0.1, -0.05) is 19.3 Å². The maximum Gasteiger partial charge on any atom is 0.264 e. The van der Waals surface area contributed by atoms with E-state index in [0.717, 1.165) is 25.7 Å². The molecule has 2 aromatic carbocycles. The van der Waals surface area contributed by atoms with Crippen LogP contribution >= 0.6 is 0 Å². The van der Waals surface area contributed by atoms with Crippen LogP contribution in [0.3, 0.4) is 0 Å². The van der Waals surface area contributed by atoms with Crippen molar-refractivity contribution < 1.29 is 22.7 Å². The summed E-state index contributed by atoms with van der Waals surface area (Å²) in [5, 5.41) is 0. The van der Waals surface area contributed by atoms with Crippen LogP contribution in [0.1, 0.15) is 42.5 Å². The number of amides is 1. The second-order valence-electron chi connectivity index (χ2n) is 7.74. The molecular weight excluding hydrogens is 416 g/mol. The fourth-order valence-electron chi connectivity index (χ4n) is 3.93. The summed E-state index contributed by atoms with van der Waals surface area (Å²) in [6.07, 6.45) is 5.60. The summed E-state index contributed by atoms with van der Waals surface area (Å²) in [6, 6.07) is 11.4. The number of carbonyl (C=O) groups is 1. The lowest BCUT2D eigenvalue weighted by molar-refractivity contribution is 0.0696. The first-order chi connectivity index (χ1) is 14.8. The molecule has 31 heavy (non-hydrogen) atoms. The Balaban J connectivity index is 1.79. The molecule has 0 N–H and O–H groups in total. The van der Waals surface area contributed by atoms with Gasteiger partial charge in [0.25, 0.3) is 15.9 Å². The molecule has 0 atom stereocenters. The minimum Gasteiger partial charge on any atom is -0.493 e. The van der Waals surface area contributed by atoms with E-state index in [1.807, 2.05) is 11.9 Å². The van der Waals surface area contributed by atoms with Gasteiger partial charge in [0.2, 0.25) is 0 Å². The number of carbonyl (C=O) groups excluding carboxylic acids is 1. The summed E-state index contributed by atoms with van der Waals surface area (Å²) in [7, 11) is 2.47. The van der Waals surface area contributed by atoms with Crippen molar-refractivity contribution in [3.05, 3.63) is 48.0 Å². The Kier molecular flexibility index (Phi) is 7.10. The van der Waals surface area contributed by atoms with E-state index in [0.29, 0.717) is 22.7 Å². The lowest BCUT2D eigenvalue weighted by atomic mass is 9.94. The van der Waals surface area contributed by atoms with Crippen molar-refractivity contribution in [2.75, 3.05) is 32.6 Å². The van der Waals surface area contributed by atoms with Crippen LogP contribution in [0.5, 0.6) is 11.5 Å². The molecule has 1 aliphatic carbocycles. The second kappa shape index (κ2) is 9.60. The van der Waals surface area contributed by atoms with E-state index in [1.54, 1.807) is 30.3 Å². The molecule has 0 aromatic heterocycles. The average Bonchev–Trinajstić information content (AvgIpc) is 2.82. The molecule has 1 saturated carbocycles. The zero-order chi connectivity index (χ0) is 22.6. The summed E-state index contributed by atoms with van der Waals surface area (Å²) in [5.41, 5.74) is 1.01. The molecule has 0 aliphatic heterocycles. The van der Waals surface area contributed by atoms with E-state index >= 15 is 0 Å². The first-order valence-corrected chi connectivity index (χ1v) is 11.8. The monoisotopic (exact) mass is 446 g/mol. The van der Waals surface area contributed by atoms with Crippen LogP contribution in [0.25, 0.3) is 0 Å². The van der Waals surface area contributed by atoms with Gasteiger partial charge in [-0.15, -0.1) is 0 Å². The van der Waals surface area contributed by atoms with Crippen molar-refractivity contribution in [3.8, 4) is 11.5 Å². The summed E-state index contributed by atoms with van der Waals surface area (Å²) in [6.45, 7) is 0. The molecule has 3 rings (SSSR count). The molecule has 0 unspecified atom stereocenters. The molecule has 0 radical (unpaired) electrons.